The van der Waals surface area contributed by atoms with E-state index in [1.165, 1.54) is 29.3 Å². The molecule has 6 heteroatoms. The lowest BCUT2D eigenvalue weighted by Gasteiger charge is -2.51. The summed E-state index contributed by atoms with van der Waals surface area (Å²) in [5, 5.41) is 22.4. The van der Waals surface area contributed by atoms with Gasteiger partial charge in [-0.05, 0) is 115 Å². The van der Waals surface area contributed by atoms with Crippen molar-refractivity contribution in [2.24, 2.45) is 17.3 Å². The van der Waals surface area contributed by atoms with Crippen molar-refractivity contribution >= 4 is 17.5 Å². The Labute approximate surface area is 211 Å². The number of ketones is 1. The minimum atomic E-state index is -1.59. The van der Waals surface area contributed by atoms with Crippen LogP contribution >= 0.6 is 0 Å². The SMILES string of the molecule is COc1ccc2c(c1)CC[C@@H]1[C@@H]2CC[C@]2(C)C([C@](C)(O)C(=O)/C=C/c3ccc([N+](=O)[O-])cc3)=CC[C@@H]12. The van der Waals surface area contributed by atoms with Gasteiger partial charge in [0, 0.05) is 12.1 Å². The molecule has 0 unspecified atom stereocenters. The maximum atomic E-state index is 13.2. The fourth-order valence-electron chi connectivity index (χ4n) is 7.18. The fraction of sp³-hybridized carbons (Fsp3) is 0.433. The minimum Gasteiger partial charge on any atom is -0.497 e. The highest BCUT2D eigenvalue weighted by Crippen LogP contribution is 2.62. The Morgan fingerprint density at radius 1 is 1.22 bits per heavy atom. The number of nitro groups is 1. The number of hydrogen-bond acceptors (Lipinski definition) is 5. The Morgan fingerprint density at radius 2 is 1.97 bits per heavy atom. The van der Waals surface area contributed by atoms with Crippen molar-refractivity contribution < 1.29 is 19.6 Å². The Bertz CT molecular complexity index is 1260. The molecule has 6 nitrogen and oxygen atoms in total. The Morgan fingerprint density at radius 3 is 2.67 bits per heavy atom. The van der Waals surface area contributed by atoms with E-state index in [1.807, 2.05) is 0 Å². The summed E-state index contributed by atoms with van der Waals surface area (Å²) < 4.78 is 5.44. The molecule has 5 rings (SSSR count). The highest BCUT2D eigenvalue weighted by molar-refractivity contribution is 6.02. The van der Waals surface area contributed by atoms with Gasteiger partial charge in [0.25, 0.3) is 5.69 Å². The summed E-state index contributed by atoms with van der Waals surface area (Å²) in [7, 11) is 1.71. The number of rotatable bonds is 6. The second-order valence-corrected chi connectivity index (χ2v) is 10.9. The molecule has 0 radical (unpaired) electrons. The van der Waals surface area contributed by atoms with Gasteiger partial charge in [0.1, 0.15) is 11.4 Å². The van der Waals surface area contributed by atoms with Crippen molar-refractivity contribution in [3.05, 3.63) is 87.0 Å². The van der Waals surface area contributed by atoms with Crippen molar-refractivity contribution in [1.82, 2.24) is 0 Å². The van der Waals surface area contributed by atoms with Crippen LogP contribution in [0.3, 0.4) is 0 Å². The summed E-state index contributed by atoms with van der Waals surface area (Å²) in [6, 6.07) is 12.5. The van der Waals surface area contributed by atoms with E-state index in [-0.39, 0.29) is 16.9 Å². The number of carbonyl (C=O) groups excluding carboxylic acids is 1. The van der Waals surface area contributed by atoms with Gasteiger partial charge in [-0.3, -0.25) is 14.9 Å². The molecular formula is C30H33NO5. The molecule has 0 aromatic heterocycles. The molecule has 0 spiro atoms. The monoisotopic (exact) mass is 487 g/mol. The lowest BCUT2D eigenvalue weighted by molar-refractivity contribution is -0.384. The minimum absolute atomic E-state index is 0.000581. The largest absolute Gasteiger partial charge is 0.497 e. The molecule has 2 aromatic carbocycles. The lowest BCUT2D eigenvalue weighted by Crippen LogP contribution is -2.47. The average Bonchev–Trinajstić information content (AvgIpc) is 3.24. The van der Waals surface area contributed by atoms with Gasteiger partial charge in [-0.25, -0.2) is 0 Å². The van der Waals surface area contributed by atoms with Gasteiger partial charge in [0.05, 0.1) is 12.0 Å². The number of hydrogen-bond donors (Lipinski definition) is 1. The van der Waals surface area contributed by atoms with Crippen LogP contribution in [0.4, 0.5) is 5.69 Å². The summed E-state index contributed by atoms with van der Waals surface area (Å²) in [6.45, 7) is 3.85. The number of carbonyl (C=O) groups is 1. The van der Waals surface area contributed by atoms with E-state index >= 15 is 0 Å². The van der Waals surface area contributed by atoms with Crippen molar-refractivity contribution in [2.45, 2.75) is 57.5 Å². The molecule has 3 aliphatic carbocycles. The number of allylic oxidation sites excluding steroid dienone is 1. The zero-order valence-electron chi connectivity index (χ0n) is 21.1. The third-order valence-corrected chi connectivity index (χ3v) is 9.05. The Kier molecular flexibility index (Phi) is 6.11. The average molecular weight is 488 g/mol. The molecule has 188 valence electrons. The number of aryl methyl sites for hydroxylation is 1. The van der Waals surface area contributed by atoms with E-state index in [9.17, 15) is 20.0 Å². The molecular weight excluding hydrogens is 454 g/mol. The first-order chi connectivity index (χ1) is 17.1. The van der Waals surface area contributed by atoms with Crippen LogP contribution in [0, 0.1) is 27.4 Å². The molecule has 1 N–H and O–H groups in total. The first kappa shape index (κ1) is 24.4. The highest BCUT2D eigenvalue weighted by atomic mass is 16.6. The van der Waals surface area contributed by atoms with Crippen LogP contribution in [-0.2, 0) is 11.2 Å². The number of non-ortho nitro benzene ring substituents is 1. The quantitative estimate of drug-likeness (QED) is 0.233. The molecule has 0 bridgehead atoms. The molecule has 36 heavy (non-hydrogen) atoms. The molecule has 0 heterocycles. The second-order valence-electron chi connectivity index (χ2n) is 10.9. The van der Waals surface area contributed by atoms with Crippen LogP contribution in [0.1, 0.15) is 62.1 Å². The molecule has 0 saturated heterocycles. The van der Waals surface area contributed by atoms with E-state index in [1.54, 1.807) is 32.2 Å². The maximum absolute atomic E-state index is 13.2. The van der Waals surface area contributed by atoms with E-state index < -0.39 is 10.5 Å². The number of aliphatic hydroxyl groups is 1. The molecule has 0 amide bonds. The van der Waals surface area contributed by atoms with Crippen molar-refractivity contribution in [3.63, 3.8) is 0 Å². The second kappa shape index (κ2) is 9.00. The summed E-state index contributed by atoms with van der Waals surface area (Å²) in [5.74, 6) is 1.98. The number of ether oxygens (including phenoxy) is 1. The zero-order chi connectivity index (χ0) is 25.7. The van der Waals surface area contributed by atoms with Gasteiger partial charge in [-0.1, -0.05) is 25.1 Å². The van der Waals surface area contributed by atoms with E-state index in [0.717, 1.165) is 43.4 Å². The number of methoxy groups -OCH3 is 1. The predicted octanol–water partition coefficient (Wildman–Crippen LogP) is 6.03. The Hall–Kier alpha value is -3.25. The topological polar surface area (TPSA) is 89.7 Å². The van der Waals surface area contributed by atoms with E-state index in [4.69, 9.17) is 4.74 Å². The maximum Gasteiger partial charge on any atom is 0.269 e. The van der Waals surface area contributed by atoms with Gasteiger partial charge in [0.2, 0.25) is 0 Å². The number of benzene rings is 2. The van der Waals surface area contributed by atoms with Crippen LogP contribution in [0.2, 0.25) is 0 Å². The molecule has 3 aliphatic rings. The highest BCUT2D eigenvalue weighted by Gasteiger charge is 2.56. The van der Waals surface area contributed by atoms with Gasteiger partial charge in [-0.15, -0.1) is 0 Å². The van der Waals surface area contributed by atoms with Gasteiger partial charge in [-0.2, -0.15) is 0 Å². The zero-order valence-corrected chi connectivity index (χ0v) is 21.1. The van der Waals surface area contributed by atoms with Crippen LogP contribution in [0.25, 0.3) is 6.08 Å². The van der Waals surface area contributed by atoms with Crippen LogP contribution in [-0.4, -0.2) is 28.5 Å². The smallest absolute Gasteiger partial charge is 0.269 e. The summed E-state index contributed by atoms with van der Waals surface area (Å²) in [4.78, 5) is 23.6. The fourth-order valence-corrected chi connectivity index (χ4v) is 7.18. The van der Waals surface area contributed by atoms with Crippen LogP contribution < -0.4 is 4.74 Å². The number of nitrogens with zero attached hydrogens (tertiary/aromatic N) is 1. The molecule has 2 aromatic rings. The summed E-state index contributed by atoms with van der Waals surface area (Å²) >= 11 is 0. The van der Waals surface area contributed by atoms with E-state index in [2.05, 4.69) is 31.2 Å². The van der Waals surface area contributed by atoms with E-state index in [0.29, 0.717) is 23.3 Å². The summed E-state index contributed by atoms with van der Waals surface area (Å²) in [5.41, 5.74) is 2.55. The normalized spacial score (nSPS) is 28.4. The first-order valence-corrected chi connectivity index (χ1v) is 12.7. The molecule has 5 atom stereocenters. The van der Waals surface area contributed by atoms with Crippen molar-refractivity contribution in [2.75, 3.05) is 7.11 Å². The molecule has 0 aliphatic heterocycles. The lowest BCUT2D eigenvalue weighted by atomic mass is 9.53. The van der Waals surface area contributed by atoms with Gasteiger partial charge in [0.15, 0.2) is 5.78 Å². The van der Waals surface area contributed by atoms with Crippen LogP contribution in [0.15, 0.2) is 60.2 Å². The third-order valence-electron chi connectivity index (χ3n) is 9.05. The predicted molar refractivity (Wildman–Crippen MR) is 139 cm³/mol. The molecule has 1 fully saturated rings. The van der Waals surface area contributed by atoms with Gasteiger partial charge < -0.3 is 9.84 Å². The number of fused-ring (bicyclic) bond motifs is 5. The van der Waals surface area contributed by atoms with Gasteiger partial charge >= 0.3 is 0 Å². The Balaban J connectivity index is 1.34. The summed E-state index contributed by atoms with van der Waals surface area (Å²) in [6.07, 6.45) is 10.1. The van der Waals surface area contributed by atoms with Crippen LogP contribution in [0.5, 0.6) is 5.75 Å². The van der Waals surface area contributed by atoms with Crippen molar-refractivity contribution in [3.8, 4) is 5.75 Å². The third kappa shape index (κ3) is 3.97. The standard InChI is InChI=1S/C30H33NO5/c1-29-17-16-24-23-12-10-22(36-3)18-20(23)7-11-25(24)26(29)13-14-27(29)30(2,33)28(32)15-6-19-4-8-21(9-5-19)31(34)35/h4-6,8-10,12,14-15,18,24-26,33H,7,11,13,16-17H2,1-3H3/b15-6+/t24-,25-,26+,29+,30+/m1/s1. The van der Waals surface area contributed by atoms with Crippen molar-refractivity contribution in [1.29, 1.82) is 0 Å². The first-order valence-electron chi connectivity index (χ1n) is 12.7. The molecule has 1 saturated carbocycles. The number of nitro benzene ring substituents is 1.